The topological polar surface area (TPSA) is 195 Å². The Morgan fingerprint density at radius 2 is 1.40 bits per heavy atom. The van der Waals surface area contributed by atoms with Crippen molar-refractivity contribution in [3.8, 4) is 0 Å². The highest BCUT2D eigenvalue weighted by Gasteiger charge is 2.31. The van der Waals surface area contributed by atoms with Crippen molar-refractivity contribution in [3.63, 3.8) is 0 Å². The van der Waals surface area contributed by atoms with E-state index in [1.165, 1.54) is 0 Å². The van der Waals surface area contributed by atoms with Crippen molar-refractivity contribution in [1.29, 1.82) is 0 Å². The molecule has 13 nitrogen and oxygen atoms in total. The number of aryl methyl sites for hydroxylation is 1. The lowest BCUT2D eigenvalue weighted by Crippen LogP contribution is -2.58. The number of benzene rings is 1. The molecule has 0 aliphatic heterocycles. The highest BCUT2D eigenvalue weighted by atomic mass is 16.4. The first-order valence-electron chi connectivity index (χ1n) is 18.1. The van der Waals surface area contributed by atoms with E-state index >= 15 is 0 Å². The summed E-state index contributed by atoms with van der Waals surface area (Å²) in [5, 5.41) is 26.4. The van der Waals surface area contributed by atoms with Crippen LogP contribution in [-0.4, -0.2) is 83.9 Å². The summed E-state index contributed by atoms with van der Waals surface area (Å²) in [6.07, 6.45) is 1.97. The minimum absolute atomic E-state index is 0.0329. The second-order valence-corrected chi connectivity index (χ2v) is 13.9. The molecule has 5 amide bonds. The van der Waals surface area contributed by atoms with Crippen molar-refractivity contribution in [2.75, 3.05) is 13.1 Å². The third-order valence-corrected chi connectivity index (χ3v) is 8.57. The summed E-state index contributed by atoms with van der Waals surface area (Å²) in [6, 6.07) is 6.07. The van der Waals surface area contributed by atoms with E-state index < -0.39 is 42.0 Å². The standard InChI is InChI=1S/C37H62N6O7/c1-9-25(7)33(42-30(44)17-14-18-31(45)46)37(50)41-29(20-19-27-15-12-11-13-16-27)35(48)40-28(21-23(3)4)22-39-26(8)34(47)43-32(24(5)6)36(49)38-10-2/h11-13,15-16,23-26,28-29,32-33,39H,9-10,14,17-22H2,1-8H3,(H,38,49)(H,40,48)(H,41,50)(H,42,44)(H,43,47)(H,45,46)/t25-,26-,28?,29-,32-,33-/m0/s1. The van der Waals surface area contributed by atoms with Crippen molar-refractivity contribution in [1.82, 2.24) is 31.9 Å². The van der Waals surface area contributed by atoms with E-state index in [1.54, 1.807) is 6.92 Å². The predicted octanol–water partition coefficient (Wildman–Crippen LogP) is 2.68. The fourth-order valence-corrected chi connectivity index (χ4v) is 5.41. The Kier molecular flexibility index (Phi) is 20.6. The SMILES string of the molecule is CCNC(=O)[C@@H](NC(=O)[C@H](C)NCC(CC(C)C)NC(=O)[C@H](CCc1ccccc1)NC(=O)[C@@H](NC(=O)CCCC(=O)O)[C@@H](C)CC)C(C)C. The summed E-state index contributed by atoms with van der Waals surface area (Å²) in [5.74, 6) is -3.03. The van der Waals surface area contributed by atoms with Gasteiger partial charge in [-0.25, -0.2) is 0 Å². The number of carbonyl (C=O) groups excluding carboxylic acids is 5. The lowest BCUT2D eigenvalue weighted by atomic mass is 9.96. The molecule has 0 spiro atoms. The van der Waals surface area contributed by atoms with Crippen molar-refractivity contribution < 1.29 is 33.9 Å². The number of carboxylic acids is 1. The molecule has 7 N–H and O–H groups in total. The van der Waals surface area contributed by atoms with Crippen LogP contribution in [-0.2, 0) is 35.2 Å². The smallest absolute Gasteiger partial charge is 0.303 e. The third kappa shape index (κ3) is 17.1. The van der Waals surface area contributed by atoms with Gasteiger partial charge in [0.1, 0.15) is 18.1 Å². The maximum absolute atomic E-state index is 13.9. The second-order valence-electron chi connectivity index (χ2n) is 13.9. The molecule has 1 rings (SSSR count). The van der Waals surface area contributed by atoms with Crippen LogP contribution in [0.25, 0.3) is 0 Å². The van der Waals surface area contributed by atoms with Crippen LogP contribution in [0, 0.1) is 17.8 Å². The van der Waals surface area contributed by atoms with E-state index in [4.69, 9.17) is 5.11 Å². The van der Waals surface area contributed by atoms with Crippen LogP contribution in [0.5, 0.6) is 0 Å². The zero-order valence-corrected chi connectivity index (χ0v) is 31.3. The molecule has 50 heavy (non-hydrogen) atoms. The minimum atomic E-state index is -0.999. The summed E-state index contributed by atoms with van der Waals surface area (Å²) in [6.45, 7) is 15.8. The molecule has 0 saturated carbocycles. The summed E-state index contributed by atoms with van der Waals surface area (Å²) in [4.78, 5) is 76.6. The Labute approximate surface area is 298 Å². The molecule has 0 saturated heterocycles. The quantitative estimate of drug-likeness (QED) is 0.0854. The maximum Gasteiger partial charge on any atom is 0.303 e. The zero-order chi connectivity index (χ0) is 37.8. The van der Waals surface area contributed by atoms with Crippen LogP contribution in [0.3, 0.4) is 0 Å². The molecule has 282 valence electrons. The monoisotopic (exact) mass is 702 g/mol. The molecule has 0 radical (unpaired) electrons. The van der Waals surface area contributed by atoms with Gasteiger partial charge in [0.2, 0.25) is 29.5 Å². The van der Waals surface area contributed by atoms with Gasteiger partial charge in [-0.1, -0.05) is 78.3 Å². The first-order valence-corrected chi connectivity index (χ1v) is 18.1. The van der Waals surface area contributed by atoms with Crippen molar-refractivity contribution in [2.45, 2.75) is 131 Å². The molecule has 6 atom stereocenters. The van der Waals surface area contributed by atoms with Crippen molar-refractivity contribution in [2.24, 2.45) is 17.8 Å². The van der Waals surface area contributed by atoms with Gasteiger partial charge < -0.3 is 37.0 Å². The van der Waals surface area contributed by atoms with E-state index in [2.05, 4.69) is 31.9 Å². The number of amides is 5. The highest BCUT2D eigenvalue weighted by Crippen LogP contribution is 2.13. The molecule has 0 heterocycles. The number of carboxylic acid groups (broad SMARTS) is 1. The van der Waals surface area contributed by atoms with E-state index in [0.717, 1.165) is 5.56 Å². The number of aliphatic carboxylic acids is 1. The minimum Gasteiger partial charge on any atom is -0.481 e. The van der Waals surface area contributed by atoms with Crippen LogP contribution in [0.1, 0.15) is 99.5 Å². The van der Waals surface area contributed by atoms with Gasteiger partial charge in [-0.05, 0) is 62.8 Å². The Morgan fingerprint density at radius 3 is 1.96 bits per heavy atom. The zero-order valence-electron chi connectivity index (χ0n) is 31.3. The van der Waals surface area contributed by atoms with E-state index in [0.29, 0.717) is 32.2 Å². The normalized spacial score (nSPS) is 14.8. The lowest BCUT2D eigenvalue weighted by Gasteiger charge is -2.29. The van der Waals surface area contributed by atoms with Gasteiger partial charge in [-0.2, -0.15) is 0 Å². The van der Waals surface area contributed by atoms with Crippen LogP contribution in [0.2, 0.25) is 0 Å². The van der Waals surface area contributed by atoms with Gasteiger partial charge in [0.15, 0.2) is 0 Å². The molecule has 1 aromatic rings. The van der Waals surface area contributed by atoms with Gasteiger partial charge in [0.05, 0.1) is 6.04 Å². The average Bonchev–Trinajstić information content (AvgIpc) is 3.05. The Bertz CT molecular complexity index is 1230. The maximum atomic E-state index is 13.9. The highest BCUT2D eigenvalue weighted by molar-refractivity contribution is 5.92. The van der Waals surface area contributed by atoms with Gasteiger partial charge in [-0.3, -0.25) is 28.8 Å². The van der Waals surface area contributed by atoms with Crippen LogP contribution in [0.4, 0.5) is 0 Å². The third-order valence-electron chi connectivity index (χ3n) is 8.57. The number of hydrogen-bond acceptors (Lipinski definition) is 7. The molecule has 0 fully saturated rings. The Balaban J connectivity index is 3.12. The van der Waals surface area contributed by atoms with Crippen LogP contribution in [0.15, 0.2) is 30.3 Å². The Hall–Kier alpha value is -4.00. The lowest BCUT2D eigenvalue weighted by molar-refractivity contribution is -0.137. The van der Waals surface area contributed by atoms with Gasteiger partial charge in [0, 0.05) is 32.0 Å². The number of nitrogens with one attached hydrogen (secondary N) is 6. The van der Waals surface area contributed by atoms with Gasteiger partial charge in [-0.15, -0.1) is 0 Å². The van der Waals surface area contributed by atoms with Crippen LogP contribution < -0.4 is 31.9 Å². The summed E-state index contributed by atoms with van der Waals surface area (Å²) in [7, 11) is 0. The van der Waals surface area contributed by atoms with Gasteiger partial charge in [0.25, 0.3) is 0 Å². The summed E-state index contributed by atoms with van der Waals surface area (Å²) in [5.41, 5.74) is 0.998. The Morgan fingerprint density at radius 1 is 0.740 bits per heavy atom. The van der Waals surface area contributed by atoms with Crippen molar-refractivity contribution >= 4 is 35.5 Å². The first-order chi connectivity index (χ1) is 23.6. The molecule has 1 unspecified atom stereocenters. The summed E-state index contributed by atoms with van der Waals surface area (Å²) >= 11 is 0. The van der Waals surface area contributed by atoms with E-state index in [9.17, 15) is 28.8 Å². The number of rotatable bonds is 24. The van der Waals surface area contributed by atoms with E-state index in [1.807, 2.05) is 78.8 Å². The molecule has 0 bridgehead atoms. The predicted molar refractivity (Wildman–Crippen MR) is 194 cm³/mol. The van der Waals surface area contributed by atoms with E-state index in [-0.39, 0.29) is 67.3 Å². The fourth-order valence-electron chi connectivity index (χ4n) is 5.41. The number of carbonyl (C=O) groups is 6. The molecule has 13 heteroatoms. The molecular formula is C37H62N6O7. The summed E-state index contributed by atoms with van der Waals surface area (Å²) < 4.78 is 0. The molecule has 0 aromatic heterocycles. The molecule has 0 aliphatic rings. The number of hydrogen-bond donors (Lipinski definition) is 7. The second kappa shape index (κ2) is 23.4. The molecular weight excluding hydrogens is 640 g/mol. The van der Waals surface area contributed by atoms with Gasteiger partial charge >= 0.3 is 5.97 Å². The van der Waals surface area contributed by atoms with Crippen molar-refractivity contribution in [3.05, 3.63) is 35.9 Å². The first kappa shape index (κ1) is 44.0. The largest absolute Gasteiger partial charge is 0.481 e. The molecule has 1 aromatic carbocycles. The molecule has 0 aliphatic carbocycles. The average molecular weight is 703 g/mol. The van der Waals surface area contributed by atoms with Crippen LogP contribution >= 0.6 is 0 Å². The fraction of sp³-hybridized carbons (Fsp3) is 0.676. The number of likely N-dealkylation sites (N-methyl/N-ethyl adjacent to an activating group) is 1.